The van der Waals surface area contributed by atoms with Gasteiger partial charge in [-0.1, -0.05) is 48.5 Å². The number of carboxylic acids is 4. The molecule has 190 valence electrons. The highest BCUT2D eigenvalue weighted by molar-refractivity contribution is 5.89. The van der Waals surface area contributed by atoms with E-state index in [0.29, 0.717) is 22.3 Å². The van der Waals surface area contributed by atoms with Gasteiger partial charge in [-0.15, -0.1) is 0 Å². The van der Waals surface area contributed by atoms with Gasteiger partial charge in [0.2, 0.25) is 0 Å². The third-order valence-corrected chi connectivity index (χ3v) is 6.35. The van der Waals surface area contributed by atoms with Crippen LogP contribution in [0.3, 0.4) is 0 Å². The average Bonchev–Trinajstić information content (AvgIpc) is 2.92. The summed E-state index contributed by atoms with van der Waals surface area (Å²) in [6, 6.07) is 25.0. The maximum atomic E-state index is 11.8. The molecular weight excluding hydrogens is 488 g/mol. The van der Waals surface area contributed by atoms with Gasteiger partial charge < -0.3 is 20.4 Å². The first kappa shape index (κ1) is 25.8. The van der Waals surface area contributed by atoms with Crippen molar-refractivity contribution in [1.82, 2.24) is 0 Å². The Balaban J connectivity index is 2.00. The topological polar surface area (TPSA) is 149 Å². The molecule has 0 bridgehead atoms. The Hall–Kier alpha value is -5.24. The van der Waals surface area contributed by atoms with Gasteiger partial charge in [0.15, 0.2) is 0 Å². The molecule has 0 saturated heterocycles. The highest BCUT2D eigenvalue weighted by atomic mass is 16.4. The van der Waals surface area contributed by atoms with Gasteiger partial charge in [-0.3, -0.25) is 0 Å². The first-order valence-corrected chi connectivity index (χ1v) is 11.5. The van der Waals surface area contributed by atoms with Crippen molar-refractivity contribution in [2.24, 2.45) is 0 Å². The molecule has 4 aromatic carbocycles. The quantitative estimate of drug-likeness (QED) is 0.232. The van der Waals surface area contributed by atoms with Gasteiger partial charge in [-0.2, -0.15) is 0 Å². The Kier molecular flexibility index (Phi) is 7.34. The van der Waals surface area contributed by atoms with E-state index in [4.69, 9.17) is 0 Å². The monoisotopic (exact) mass is 510 g/mol. The van der Waals surface area contributed by atoms with Crippen molar-refractivity contribution < 1.29 is 39.6 Å². The third-order valence-electron chi connectivity index (χ3n) is 6.35. The lowest BCUT2D eigenvalue weighted by Gasteiger charge is -2.30. The van der Waals surface area contributed by atoms with E-state index >= 15 is 0 Å². The zero-order valence-electron chi connectivity index (χ0n) is 19.8. The summed E-state index contributed by atoms with van der Waals surface area (Å²) in [5.74, 6) is -5.62. The summed E-state index contributed by atoms with van der Waals surface area (Å²) in [4.78, 5) is 46.5. The highest BCUT2D eigenvalue weighted by Crippen LogP contribution is 2.43. The minimum atomic E-state index is -1.13. The Morgan fingerprint density at radius 3 is 1.03 bits per heavy atom. The Morgan fingerprint density at radius 2 is 0.711 bits per heavy atom. The molecule has 0 atom stereocenters. The molecule has 0 aliphatic rings. The zero-order chi connectivity index (χ0) is 27.4. The van der Waals surface area contributed by atoms with E-state index in [1.165, 1.54) is 48.5 Å². The summed E-state index contributed by atoms with van der Waals surface area (Å²) in [6.07, 6.45) is 0. The van der Waals surface area contributed by atoms with Gasteiger partial charge in [0.25, 0.3) is 0 Å². The normalized spacial score (nSPS) is 10.9. The lowest BCUT2D eigenvalue weighted by Crippen LogP contribution is -2.16. The molecular formula is C30H22O8. The van der Waals surface area contributed by atoms with Crippen molar-refractivity contribution in [3.8, 4) is 0 Å². The number of benzene rings is 4. The van der Waals surface area contributed by atoms with Crippen molar-refractivity contribution in [2.75, 3.05) is 0 Å². The van der Waals surface area contributed by atoms with E-state index in [-0.39, 0.29) is 22.3 Å². The molecule has 0 aromatic heterocycles. The van der Waals surface area contributed by atoms with Crippen LogP contribution < -0.4 is 0 Å². The molecule has 0 aliphatic carbocycles. The van der Waals surface area contributed by atoms with Gasteiger partial charge in [0.05, 0.1) is 22.3 Å². The van der Waals surface area contributed by atoms with Crippen LogP contribution in [0.15, 0.2) is 97.1 Å². The Labute approximate surface area is 217 Å². The van der Waals surface area contributed by atoms with Crippen LogP contribution in [0.25, 0.3) is 0 Å². The predicted octanol–water partition coefficient (Wildman–Crippen LogP) is 5.44. The number of aromatic carboxylic acids is 4. The second kappa shape index (κ2) is 10.8. The van der Waals surface area contributed by atoms with Gasteiger partial charge in [-0.25, -0.2) is 19.2 Å². The lowest BCUT2D eigenvalue weighted by molar-refractivity contribution is 0.0686. The largest absolute Gasteiger partial charge is 0.478 e. The van der Waals surface area contributed by atoms with Crippen LogP contribution in [-0.2, 0) is 0 Å². The van der Waals surface area contributed by atoms with E-state index < -0.39 is 35.7 Å². The first-order chi connectivity index (χ1) is 18.2. The fourth-order valence-electron chi connectivity index (χ4n) is 4.55. The van der Waals surface area contributed by atoms with Gasteiger partial charge >= 0.3 is 23.9 Å². The molecule has 8 heteroatoms. The molecule has 4 aromatic rings. The summed E-state index contributed by atoms with van der Waals surface area (Å²) in [5, 5.41) is 38.0. The van der Waals surface area contributed by atoms with E-state index in [2.05, 4.69) is 0 Å². The molecule has 0 spiro atoms. The van der Waals surface area contributed by atoms with E-state index in [1.807, 2.05) is 0 Å². The van der Waals surface area contributed by atoms with Crippen LogP contribution in [0.5, 0.6) is 0 Å². The molecule has 0 amide bonds. The van der Waals surface area contributed by atoms with Crippen molar-refractivity contribution in [2.45, 2.75) is 11.8 Å². The molecule has 38 heavy (non-hydrogen) atoms. The van der Waals surface area contributed by atoms with E-state index in [0.717, 1.165) is 0 Å². The van der Waals surface area contributed by atoms with Crippen molar-refractivity contribution >= 4 is 23.9 Å². The van der Waals surface area contributed by atoms with Crippen LogP contribution in [0.4, 0.5) is 0 Å². The molecule has 4 N–H and O–H groups in total. The molecule has 0 saturated carbocycles. The van der Waals surface area contributed by atoms with Crippen LogP contribution in [0.2, 0.25) is 0 Å². The minimum Gasteiger partial charge on any atom is -0.478 e. The fraction of sp³-hybridized carbons (Fsp3) is 0.0667. The van der Waals surface area contributed by atoms with Crippen molar-refractivity contribution in [3.05, 3.63) is 142 Å². The summed E-state index contributed by atoms with van der Waals surface area (Å²) in [6.45, 7) is 0. The standard InChI is InChI=1S/C30H22O8/c31-27(32)19-11-7-17(8-12-19)25(18-9-13-20(14-10-18)28(33)34)26(21-3-1-5-23(15-21)29(35)36)22-4-2-6-24(16-22)30(37)38/h1-16,25-26H,(H,31,32)(H,33,34)(H,35,36)(H,37,38). The summed E-state index contributed by atoms with van der Waals surface area (Å²) in [7, 11) is 0. The fourth-order valence-corrected chi connectivity index (χ4v) is 4.55. The number of carboxylic acid groups (broad SMARTS) is 4. The number of rotatable bonds is 9. The van der Waals surface area contributed by atoms with Gasteiger partial charge in [0.1, 0.15) is 0 Å². The molecule has 4 rings (SSSR count). The highest BCUT2D eigenvalue weighted by Gasteiger charge is 2.30. The van der Waals surface area contributed by atoms with Crippen molar-refractivity contribution in [3.63, 3.8) is 0 Å². The first-order valence-electron chi connectivity index (χ1n) is 11.5. The van der Waals surface area contributed by atoms with Crippen LogP contribution >= 0.6 is 0 Å². The molecule has 8 nitrogen and oxygen atoms in total. The van der Waals surface area contributed by atoms with E-state index in [1.54, 1.807) is 48.5 Å². The van der Waals surface area contributed by atoms with Crippen LogP contribution in [0, 0.1) is 0 Å². The maximum Gasteiger partial charge on any atom is 0.335 e. The molecule has 0 aliphatic heterocycles. The van der Waals surface area contributed by atoms with Crippen LogP contribution in [0.1, 0.15) is 75.5 Å². The second-order valence-electron chi connectivity index (χ2n) is 8.67. The Morgan fingerprint density at radius 1 is 0.395 bits per heavy atom. The van der Waals surface area contributed by atoms with Gasteiger partial charge in [-0.05, 0) is 70.8 Å². The lowest BCUT2D eigenvalue weighted by atomic mass is 9.73. The molecule has 0 fully saturated rings. The minimum absolute atomic E-state index is 0.0445. The zero-order valence-corrected chi connectivity index (χ0v) is 19.8. The molecule has 0 radical (unpaired) electrons. The smallest absolute Gasteiger partial charge is 0.335 e. The second-order valence-corrected chi connectivity index (χ2v) is 8.67. The summed E-state index contributed by atoms with van der Waals surface area (Å²) >= 11 is 0. The number of hydrogen-bond donors (Lipinski definition) is 4. The molecule has 0 unspecified atom stereocenters. The third kappa shape index (κ3) is 5.44. The molecule has 0 heterocycles. The van der Waals surface area contributed by atoms with Gasteiger partial charge in [0, 0.05) is 11.8 Å². The summed E-state index contributed by atoms with van der Waals surface area (Å²) in [5.41, 5.74) is 2.75. The number of carbonyl (C=O) groups is 4. The number of hydrogen-bond acceptors (Lipinski definition) is 4. The SMILES string of the molecule is O=C(O)c1ccc(C(c2ccc(C(=O)O)cc2)C(c2cccc(C(=O)O)c2)c2cccc(C(=O)O)c2)cc1. The summed E-state index contributed by atoms with van der Waals surface area (Å²) < 4.78 is 0. The van der Waals surface area contributed by atoms with E-state index in [9.17, 15) is 39.6 Å². The van der Waals surface area contributed by atoms with Crippen molar-refractivity contribution in [1.29, 1.82) is 0 Å². The maximum absolute atomic E-state index is 11.8. The Bertz CT molecular complexity index is 1410. The average molecular weight is 510 g/mol. The van der Waals surface area contributed by atoms with Crippen LogP contribution in [-0.4, -0.2) is 44.3 Å². The predicted molar refractivity (Wildman–Crippen MR) is 137 cm³/mol.